The zero-order chi connectivity index (χ0) is 14.7. The van der Waals surface area contributed by atoms with Gasteiger partial charge in [0.05, 0.1) is 0 Å². The van der Waals surface area contributed by atoms with E-state index in [1.165, 1.54) is 44.9 Å². The van der Waals surface area contributed by atoms with Crippen LogP contribution in [0, 0.1) is 17.8 Å². The lowest BCUT2D eigenvalue weighted by atomic mass is 9.49. The molecule has 0 radical (unpaired) electrons. The normalized spacial score (nSPS) is 47.0. The van der Waals surface area contributed by atoms with E-state index in [1.54, 1.807) is 0 Å². The zero-order valence-corrected chi connectivity index (χ0v) is 13.3. The van der Waals surface area contributed by atoms with Gasteiger partial charge in [0.2, 0.25) is 5.89 Å². The Morgan fingerprint density at radius 3 is 2.27 bits per heavy atom. The number of nitrogens with zero attached hydrogens (tertiary/aromatic N) is 2. The summed E-state index contributed by atoms with van der Waals surface area (Å²) in [6, 6.07) is 0.314. The highest BCUT2D eigenvalue weighted by Crippen LogP contribution is 2.60. The summed E-state index contributed by atoms with van der Waals surface area (Å²) < 4.78 is 5.73. The minimum absolute atomic E-state index is 0.257. The van der Waals surface area contributed by atoms with Gasteiger partial charge >= 0.3 is 0 Å². The van der Waals surface area contributed by atoms with Crippen molar-refractivity contribution in [3.8, 4) is 0 Å². The molecular formula is C18H27N3O. The van der Waals surface area contributed by atoms with Crippen LogP contribution in [0.1, 0.15) is 81.8 Å². The fourth-order valence-corrected chi connectivity index (χ4v) is 6.45. The number of rotatable bonds is 2. The highest BCUT2D eigenvalue weighted by atomic mass is 16.5. The molecule has 4 bridgehead atoms. The Balaban J connectivity index is 1.42. The van der Waals surface area contributed by atoms with E-state index in [-0.39, 0.29) is 5.41 Å². The Morgan fingerprint density at radius 2 is 1.64 bits per heavy atom. The quantitative estimate of drug-likeness (QED) is 0.907. The first-order valence-electron chi connectivity index (χ1n) is 9.30. The molecule has 5 fully saturated rings. The molecule has 2 N–H and O–H groups in total. The Hall–Kier alpha value is -0.900. The summed E-state index contributed by atoms with van der Waals surface area (Å²) in [5.41, 5.74) is 6.38. The molecule has 0 spiro atoms. The van der Waals surface area contributed by atoms with E-state index in [0.29, 0.717) is 12.0 Å². The number of aromatic nitrogens is 2. The molecular weight excluding hydrogens is 274 g/mol. The van der Waals surface area contributed by atoms with E-state index in [4.69, 9.17) is 15.2 Å². The predicted octanol–water partition coefficient (Wildman–Crippen LogP) is 3.52. The summed E-state index contributed by atoms with van der Waals surface area (Å²) in [5.74, 6) is 5.10. The SMILES string of the molecule is NC1CCCC(c2nc(C34CC5CC(CC(C5)C3)C4)no2)C1. The van der Waals surface area contributed by atoms with Gasteiger partial charge in [0.15, 0.2) is 5.82 Å². The fourth-order valence-electron chi connectivity index (χ4n) is 6.45. The van der Waals surface area contributed by atoms with Crippen molar-refractivity contribution in [1.29, 1.82) is 0 Å². The molecule has 0 amide bonds. The summed E-state index contributed by atoms with van der Waals surface area (Å²) in [6.45, 7) is 0. The van der Waals surface area contributed by atoms with Crippen LogP contribution in [0.5, 0.6) is 0 Å². The number of nitrogens with two attached hydrogens (primary N) is 1. The highest BCUT2D eigenvalue weighted by molar-refractivity contribution is 5.17. The van der Waals surface area contributed by atoms with Gasteiger partial charge in [-0.25, -0.2) is 0 Å². The lowest BCUT2D eigenvalue weighted by Gasteiger charge is -2.55. The monoisotopic (exact) mass is 301 g/mol. The lowest BCUT2D eigenvalue weighted by Crippen LogP contribution is -2.49. The summed E-state index contributed by atoms with van der Waals surface area (Å²) in [5, 5.41) is 4.48. The van der Waals surface area contributed by atoms with Gasteiger partial charge in [-0.2, -0.15) is 4.98 Å². The van der Waals surface area contributed by atoms with Crippen LogP contribution in [0.4, 0.5) is 0 Å². The maximum absolute atomic E-state index is 6.13. The van der Waals surface area contributed by atoms with Crippen LogP contribution in [0.3, 0.4) is 0 Å². The number of hydrogen-bond acceptors (Lipinski definition) is 4. The first kappa shape index (κ1) is 13.5. The molecule has 6 rings (SSSR count). The molecule has 1 aromatic heterocycles. The lowest BCUT2D eigenvalue weighted by molar-refractivity contribution is -0.0103. The molecule has 2 atom stereocenters. The molecule has 22 heavy (non-hydrogen) atoms. The highest BCUT2D eigenvalue weighted by Gasteiger charge is 2.53. The Morgan fingerprint density at radius 1 is 0.955 bits per heavy atom. The van der Waals surface area contributed by atoms with Crippen LogP contribution in [-0.4, -0.2) is 16.2 Å². The third kappa shape index (κ3) is 2.06. The second kappa shape index (κ2) is 4.80. The third-order valence-corrected chi connectivity index (χ3v) is 7.02. The van der Waals surface area contributed by atoms with Crippen molar-refractivity contribution in [1.82, 2.24) is 10.1 Å². The Bertz CT molecular complexity index is 531. The summed E-state index contributed by atoms with van der Waals surface area (Å²) in [6.07, 6.45) is 12.8. The minimum atomic E-state index is 0.257. The first-order valence-corrected chi connectivity index (χ1v) is 9.30. The van der Waals surface area contributed by atoms with Crippen LogP contribution in [0.2, 0.25) is 0 Å². The van der Waals surface area contributed by atoms with Crippen LogP contribution in [0.25, 0.3) is 0 Å². The topological polar surface area (TPSA) is 64.9 Å². The van der Waals surface area contributed by atoms with Crippen molar-refractivity contribution in [3.05, 3.63) is 11.7 Å². The van der Waals surface area contributed by atoms with Gasteiger partial charge in [0, 0.05) is 17.4 Å². The van der Waals surface area contributed by atoms with E-state index in [9.17, 15) is 0 Å². The second-order valence-electron chi connectivity index (χ2n) is 8.78. The molecule has 4 nitrogen and oxygen atoms in total. The average molecular weight is 301 g/mol. The van der Waals surface area contributed by atoms with Gasteiger partial charge in [-0.05, 0) is 75.5 Å². The first-order chi connectivity index (χ1) is 10.7. The molecule has 1 heterocycles. The summed E-state index contributed by atoms with van der Waals surface area (Å²) in [7, 11) is 0. The molecule has 120 valence electrons. The van der Waals surface area contributed by atoms with Crippen molar-refractivity contribution >= 4 is 0 Å². The Kier molecular flexibility index (Phi) is 2.95. The van der Waals surface area contributed by atoms with Crippen LogP contribution >= 0.6 is 0 Å². The van der Waals surface area contributed by atoms with E-state index in [2.05, 4.69) is 5.16 Å². The van der Waals surface area contributed by atoms with E-state index >= 15 is 0 Å². The molecule has 1 aromatic rings. The molecule has 4 heteroatoms. The van der Waals surface area contributed by atoms with E-state index < -0.39 is 0 Å². The van der Waals surface area contributed by atoms with Gasteiger partial charge in [-0.1, -0.05) is 11.6 Å². The fraction of sp³-hybridized carbons (Fsp3) is 0.889. The van der Waals surface area contributed by atoms with Crippen molar-refractivity contribution in [3.63, 3.8) is 0 Å². The zero-order valence-electron chi connectivity index (χ0n) is 13.3. The Labute approximate surface area is 132 Å². The minimum Gasteiger partial charge on any atom is -0.339 e. The van der Waals surface area contributed by atoms with E-state index in [0.717, 1.165) is 48.7 Å². The third-order valence-electron chi connectivity index (χ3n) is 7.02. The predicted molar refractivity (Wildman–Crippen MR) is 83.3 cm³/mol. The summed E-state index contributed by atoms with van der Waals surface area (Å²) >= 11 is 0. The molecule has 5 aliphatic carbocycles. The van der Waals surface area contributed by atoms with Crippen LogP contribution in [-0.2, 0) is 5.41 Å². The molecule has 5 saturated carbocycles. The van der Waals surface area contributed by atoms with Gasteiger partial charge in [-0.3, -0.25) is 0 Å². The molecule has 0 saturated heterocycles. The van der Waals surface area contributed by atoms with Crippen LogP contribution in [0.15, 0.2) is 4.52 Å². The maximum atomic E-state index is 6.13. The summed E-state index contributed by atoms with van der Waals surface area (Å²) in [4.78, 5) is 4.93. The molecule has 0 aromatic carbocycles. The smallest absolute Gasteiger partial charge is 0.229 e. The van der Waals surface area contributed by atoms with Crippen LogP contribution < -0.4 is 5.73 Å². The van der Waals surface area contributed by atoms with Crippen molar-refractivity contribution in [2.45, 2.75) is 81.6 Å². The average Bonchev–Trinajstić information content (AvgIpc) is 2.96. The largest absolute Gasteiger partial charge is 0.339 e. The van der Waals surface area contributed by atoms with Crippen molar-refractivity contribution in [2.24, 2.45) is 23.5 Å². The molecule has 0 aliphatic heterocycles. The van der Waals surface area contributed by atoms with Gasteiger partial charge in [0.1, 0.15) is 0 Å². The maximum Gasteiger partial charge on any atom is 0.229 e. The number of hydrogen-bond donors (Lipinski definition) is 1. The van der Waals surface area contributed by atoms with E-state index in [1.807, 2.05) is 0 Å². The van der Waals surface area contributed by atoms with Gasteiger partial charge in [0.25, 0.3) is 0 Å². The van der Waals surface area contributed by atoms with Crippen molar-refractivity contribution in [2.75, 3.05) is 0 Å². The van der Waals surface area contributed by atoms with Gasteiger partial charge < -0.3 is 10.3 Å². The van der Waals surface area contributed by atoms with Crippen molar-refractivity contribution < 1.29 is 4.52 Å². The standard InChI is InChI=1S/C18H27N3O/c19-15-3-1-2-14(7-15)16-20-17(21-22-16)18-8-11-4-12(9-18)6-13(5-11)10-18/h11-15H,1-10,19H2. The molecule has 5 aliphatic rings. The molecule has 2 unspecified atom stereocenters. The second-order valence-corrected chi connectivity index (χ2v) is 8.78. The van der Waals surface area contributed by atoms with Gasteiger partial charge in [-0.15, -0.1) is 0 Å².